The number of aromatic nitrogens is 1. The summed E-state index contributed by atoms with van der Waals surface area (Å²) in [7, 11) is -0.953. The van der Waals surface area contributed by atoms with Crippen molar-refractivity contribution in [2.45, 2.75) is 19.3 Å². The minimum atomic E-state index is -0.953. The molecule has 8 heteroatoms. The van der Waals surface area contributed by atoms with Crippen molar-refractivity contribution >= 4 is 16.7 Å². The fourth-order valence-corrected chi connectivity index (χ4v) is 3.62. The lowest BCUT2D eigenvalue weighted by Gasteiger charge is -2.35. The predicted octanol–water partition coefficient (Wildman–Crippen LogP) is 2.31. The molecule has 3 rings (SSSR count). The first-order valence-electron chi connectivity index (χ1n) is 8.86. The molecule has 1 aliphatic rings. The van der Waals surface area contributed by atoms with Gasteiger partial charge in [-0.2, -0.15) is 0 Å². The van der Waals surface area contributed by atoms with Gasteiger partial charge in [0.05, 0.1) is 5.41 Å². The first-order valence-corrected chi connectivity index (χ1v) is 10.6. The van der Waals surface area contributed by atoms with Crippen LogP contribution in [0.4, 0.5) is 4.39 Å². The Kier molecular flexibility index (Phi) is 6.38. The third-order valence-corrected chi connectivity index (χ3v) is 5.60. The minimum absolute atomic E-state index is 0.0732. The van der Waals surface area contributed by atoms with Crippen molar-refractivity contribution in [3.63, 3.8) is 0 Å². The number of benzene rings is 1. The highest BCUT2D eigenvalue weighted by atomic mass is 32.2. The van der Waals surface area contributed by atoms with Crippen LogP contribution in [-0.2, 0) is 26.8 Å². The van der Waals surface area contributed by atoms with Gasteiger partial charge in [0.2, 0.25) is 5.91 Å². The lowest BCUT2D eigenvalue weighted by Crippen LogP contribution is -2.47. The van der Waals surface area contributed by atoms with Gasteiger partial charge in [0, 0.05) is 60.6 Å². The Morgan fingerprint density at radius 1 is 1.30 bits per heavy atom. The number of hydrogen-bond acceptors (Lipinski definition) is 5. The number of hydrogen-bond donors (Lipinski definition) is 1. The number of carbonyl (C=O) groups is 1. The third kappa shape index (κ3) is 5.01. The van der Waals surface area contributed by atoms with Crippen LogP contribution in [0, 0.1) is 11.2 Å². The summed E-state index contributed by atoms with van der Waals surface area (Å²) in [5.74, 6) is 0.643. The van der Waals surface area contributed by atoms with E-state index in [0.29, 0.717) is 56.2 Å². The number of carbonyl (C=O) groups excluding carboxylic acids is 1. The van der Waals surface area contributed by atoms with Crippen molar-refractivity contribution in [2.75, 3.05) is 31.8 Å². The van der Waals surface area contributed by atoms with Crippen molar-refractivity contribution < 1.29 is 22.7 Å². The normalized spacial score (nSPS) is 17.4. The number of nitrogens with zero attached hydrogens (tertiary/aromatic N) is 1. The van der Waals surface area contributed by atoms with Gasteiger partial charge in [-0.1, -0.05) is 5.16 Å². The third-order valence-electron chi connectivity index (χ3n) is 4.82. The fourth-order valence-electron chi connectivity index (χ4n) is 3.23. The average Bonchev–Trinajstić information content (AvgIpc) is 3.11. The van der Waals surface area contributed by atoms with Crippen LogP contribution in [-0.4, -0.2) is 47.0 Å². The maximum atomic E-state index is 13.1. The molecule has 6 nitrogen and oxygen atoms in total. The van der Waals surface area contributed by atoms with Gasteiger partial charge in [-0.25, -0.2) is 4.39 Å². The SMILES string of the molecule is C[S@@](=O)CCNC(=O)C1(Cc2cc(-c3ccc(F)cc3)no2)CCOCC1. The van der Waals surface area contributed by atoms with Crippen molar-refractivity contribution in [1.82, 2.24) is 10.5 Å². The van der Waals surface area contributed by atoms with Gasteiger partial charge in [0.15, 0.2) is 0 Å². The van der Waals surface area contributed by atoms with E-state index in [4.69, 9.17) is 9.26 Å². The molecule has 1 atom stereocenters. The van der Waals surface area contributed by atoms with E-state index >= 15 is 0 Å². The van der Waals surface area contributed by atoms with Gasteiger partial charge < -0.3 is 14.6 Å². The summed E-state index contributed by atoms with van der Waals surface area (Å²) in [6, 6.07) is 7.81. The molecule has 1 amide bonds. The van der Waals surface area contributed by atoms with Gasteiger partial charge in [-0.3, -0.25) is 9.00 Å². The molecule has 146 valence electrons. The smallest absolute Gasteiger partial charge is 0.226 e. The Labute approximate surface area is 159 Å². The maximum absolute atomic E-state index is 13.1. The van der Waals surface area contributed by atoms with Crippen molar-refractivity contribution in [2.24, 2.45) is 5.41 Å². The molecule has 0 unspecified atom stereocenters. The standard InChI is InChI=1S/C19H23FN2O4S/c1-27(24)11-8-21-18(23)19(6-9-25-10-7-19)13-16-12-17(22-26-16)14-2-4-15(20)5-3-14/h2-5,12H,6-11,13H2,1H3,(H,21,23)/t27-/m1/s1. The number of amides is 1. The van der Waals surface area contributed by atoms with Gasteiger partial charge in [-0.15, -0.1) is 0 Å². The molecule has 1 aromatic carbocycles. The Bertz CT molecular complexity index is 800. The summed E-state index contributed by atoms with van der Waals surface area (Å²) in [6.07, 6.45) is 3.19. The van der Waals surface area contributed by atoms with Crippen LogP contribution in [0.15, 0.2) is 34.9 Å². The molecular formula is C19H23FN2O4S. The topological polar surface area (TPSA) is 81.4 Å². The quantitative estimate of drug-likeness (QED) is 0.779. The van der Waals surface area contributed by atoms with Crippen molar-refractivity contribution in [3.05, 3.63) is 41.9 Å². The van der Waals surface area contributed by atoms with E-state index in [0.717, 1.165) is 5.56 Å². The molecule has 0 aliphatic carbocycles. The number of ether oxygens (including phenoxy) is 1. The Hall–Kier alpha value is -2.06. The number of rotatable bonds is 7. The molecule has 0 radical (unpaired) electrons. The Morgan fingerprint density at radius 3 is 2.67 bits per heavy atom. The van der Waals surface area contributed by atoms with Gasteiger partial charge in [-0.05, 0) is 37.1 Å². The van der Waals surface area contributed by atoms with E-state index in [-0.39, 0.29) is 11.7 Å². The van der Waals surface area contributed by atoms with E-state index in [2.05, 4.69) is 10.5 Å². The molecule has 0 bridgehead atoms. The van der Waals surface area contributed by atoms with Crippen molar-refractivity contribution in [1.29, 1.82) is 0 Å². The Balaban J connectivity index is 1.73. The zero-order valence-corrected chi connectivity index (χ0v) is 16.0. The minimum Gasteiger partial charge on any atom is -0.381 e. The first kappa shape index (κ1) is 19.7. The average molecular weight is 394 g/mol. The molecule has 0 saturated carbocycles. The van der Waals surface area contributed by atoms with E-state index in [9.17, 15) is 13.4 Å². The lowest BCUT2D eigenvalue weighted by molar-refractivity contribution is -0.136. The second-order valence-electron chi connectivity index (χ2n) is 6.79. The van der Waals surface area contributed by atoms with Crippen LogP contribution in [0.25, 0.3) is 11.3 Å². The summed E-state index contributed by atoms with van der Waals surface area (Å²) in [5, 5.41) is 6.96. The second kappa shape index (κ2) is 8.75. The molecule has 1 saturated heterocycles. The molecule has 1 aromatic heterocycles. The zero-order chi connectivity index (χ0) is 19.3. The molecule has 0 spiro atoms. The van der Waals surface area contributed by atoms with Crippen molar-refractivity contribution in [3.8, 4) is 11.3 Å². The highest BCUT2D eigenvalue weighted by Gasteiger charge is 2.41. The summed E-state index contributed by atoms with van der Waals surface area (Å²) < 4.78 is 35.2. The molecule has 27 heavy (non-hydrogen) atoms. The van der Waals surface area contributed by atoms with Crippen LogP contribution in [0.5, 0.6) is 0 Å². The number of nitrogens with one attached hydrogen (secondary N) is 1. The van der Waals surface area contributed by atoms with E-state index in [1.165, 1.54) is 12.1 Å². The summed E-state index contributed by atoms with van der Waals surface area (Å²) >= 11 is 0. The van der Waals surface area contributed by atoms with E-state index in [1.54, 1.807) is 24.5 Å². The summed E-state index contributed by atoms with van der Waals surface area (Å²) in [6.45, 7) is 1.39. The van der Waals surface area contributed by atoms with E-state index < -0.39 is 16.2 Å². The summed E-state index contributed by atoms with van der Waals surface area (Å²) in [4.78, 5) is 12.9. The van der Waals surface area contributed by atoms with Crippen LogP contribution >= 0.6 is 0 Å². The fraction of sp³-hybridized carbons (Fsp3) is 0.474. The highest BCUT2D eigenvalue weighted by molar-refractivity contribution is 7.84. The molecule has 1 aliphatic heterocycles. The molecule has 1 fully saturated rings. The van der Waals surface area contributed by atoms with Crippen LogP contribution in [0.1, 0.15) is 18.6 Å². The van der Waals surface area contributed by atoms with Crippen LogP contribution < -0.4 is 5.32 Å². The van der Waals surface area contributed by atoms with Gasteiger partial charge >= 0.3 is 0 Å². The number of halogens is 1. The first-order chi connectivity index (χ1) is 13.0. The molecule has 2 heterocycles. The van der Waals surface area contributed by atoms with Gasteiger partial charge in [0.1, 0.15) is 17.3 Å². The lowest BCUT2D eigenvalue weighted by atomic mass is 9.75. The molecular weight excluding hydrogens is 371 g/mol. The van der Waals surface area contributed by atoms with E-state index in [1.807, 2.05) is 0 Å². The molecule has 1 N–H and O–H groups in total. The monoisotopic (exact) mass is 394 g/mol. The van der Waals surface area contributed by atoms with Crippen LogP contribution in [0.3, 0.4) is 0 Å². The largest absolute Gasteiger partial charge is 0.381 e. The van der Waals surface area contributed by atoms with Gasteiger partial charge in [0.25, 0.3) is 0 Å². The second-order valence-corrected chi connectivity index (χ2v) is 8.34. The molecule has 2 aromatic rings. The van der Waals surface area contributed by atoms with Crippen LogP contribution in [0.2, 0.25) is 0 Å². The highest BCUT2D eigenvalue weighted by Crippen LogP contribution is 2.35. The Morgan fingerprint density at radius 2 is 2.00 bits per heavy atom. The predicted molar refractivity (Wildman–Crippen MR) is 100 cm³/mol. The zero-order valence-electron chi connectivity index (χ0n) is 15.2. The summed E-state index contributed by atoms with van der Waals surface area (Å²) in [5.41, 5.74) is 0.726. The maximum Gasteiger partial charge on any atom is 0.226 e.